The SMILES string of the molecule is CC(C)(CO)NC(=O)NC1CCOC1. The monoisotopic (exact) mass is 202 g/mol. The lowest BCUT2D eigenvalue weighted by molar-refractivity contribution is 0.174. The Morgan fingerprint density at radius 1 is 1.64 bits per heavy atom. The first kappa shape index (κ1) is 11.3. The molecule has 1 aliphatic rings. The largest absolute Gasteiger partial charge is 0.394 e. The Morgan fingerprint density at radius 3 is 2.86 bits per heavy atom. The molecule has 1 unspecified atom stereocenters. The first-order valence-corrected chi connectivity index (χ1v) is 4.81. The van der Waals surface area contributed by atoms with Crippen LogP contribution in [0.15, 0.2) is 0 Å². The number of aliphatic hydroxyl groups excluding tert-OH is 1. The number of nitrogens with one attached hydrogen (secondary N) is 2. The van der Waals surface area contributed by atoms with Gasteiger partial charge < -0.3 is 20.5 Å². The Kier molecular flexibility index (Phi) is 3.71. The van der Waals surface area contributed by atoms with Gasteiger partial charge in [0.2, 0.25) is 0 Å². The van der Waals surface area contributed by atoms with Crippen molar-refractivity contribution in [3.8, 4) is 0 Å². The lowest BCUT2D eigenvalue weighted by atomic mass is 10.1. The van der Waals surface area contributed by atoms with Crippen LogP contribution in [-0.4, -0.2) is 42.5 Å². The van der Waals surface area contributed by atoms with E-state index in [1.807, 2.05) is 0 Å². The van der Waals surface area contributed by atoms with Gasteiger partial charge in [0.15, 0.2) is 0 Å². The average molecular weight is 202 g/mol. The van der Waals surface area contributed by atoms with E-state index in [4.69, 9.17) is 9.84 Å². The maximum atomic E-state index is 11.4. The maximum Gasteiger partial charge on any atom is 0.315 e. The Morgan fingerprint density at radius 2 is 2.36 bits per heavy atom. The van der Waals surface area contributed by atoms with Crippen molar-refractivity contribution < 1.29 is 14.6 Å². The van der Waals surface area contributed by atoms with E-state index in [0.717, 1.165) is 6.42 Å². The molecule has 82 valence electrons. The van der Waals surface area contributed by atoms with Crippen molar-refractivity contribution in [3.05, 3.63) is 0 Å². The van der Waals surface area contributed by atoms with Gasteiger partial charge in [-0.15, -0.1) is 0 Å². The highest BCUT2D eigenvalue weighted by Crippen LogP contribution is 2.04. The maximum absolute atomic E-state index is 11.4. The van der Waals surface area contributed by atoms with E-state index in [0.29, 0.717) is 13.2 Å². The number of carbonyl (C=O) groups excluding carboxylic acids is 1. The average Bonchev–Trinajstić information content (AvgIpc) is 2.55. The third-order valence-electron chi connectivity index (χ3n) is 2.11. The smallest absolute Gasteiger partial charge is 0.315 e. The Hall–Kier alpha value is -0.810. The topological polar surface area (TPSA) is 70.6 Å². The highest BCUT2D eigenvalue weighted by atomic mass is 16.5. The number of hydrogen-bond acceptors (Lipinski definition) is 3. The van der Waals surface area contributed by atoms with Crippen LogP contribution in [0.2, 0.25) is 0 Å². The zero-order valence-corrected chi connectivity index (χ0v) is 8.67. The molecule has 1 saturated heterocycles. The molecular formula is C9H18N2O3. The molecule has 1 rings (SSSR count). The summed E-state index contributed by atoms with van der Waals surface area (Å²) < 4.78 is 5.12. The molecule has 0 bridgehead atoms. The minimum absolute atomic E-state index is 0.0818. The Balaban J connectivity index is 2.27. The molecule has 0 aromatic carbocycles. The van der Waals surface area contributed by atoms with Gasteiger partial charge in [-0.25, -0.2) is 4.79 Å². The number of aliphatic hydroxyl groups is 1. The van der Waals surface area contributed by atoms with Crippen LogP contribution in [0.4, 0.5) is 4.79 Å². The van der Waals surface area contributed by atoms with Crippen LogP contribution in [0.25, 0.3) is 0 Å². The second-order valence-electron chi connectivity index (χ2n) is 4.20. The summed E-state index contributed by atoms with van der Waals surface area (Å²) in [6.45, 7) is 4.72. The summed E-state index contributed by atoms with van der Waals surface area (Å²) in [5.74, 6) is 0. The molecule has 0 aliphatic carbocycles. The summed E-state index contributed by atoms with van der Waals surface area (Å²) in [6, 6.07) is -0.149. The lowest BCUT2D eigenvalue weighted by Gasteiger charge is -2.24. The summed E-state index contributed by atoms with van der Waals surface area (Å²) in [5.41, 5.74) is -0.580. The third kappa shape index (κ3) is 3.51. The van der Waals surface area contributed by atoms with Crippen LogP contribution < -0.4 is 10.6 Å². The summed E-state index contributed by atoms with van der Waals surface area (Å²) in [6.07, 6.45) is 0.854. The first-order valence-electron chi connectivity index (χ1n) is 4.81. The van der Waals surface area contributed by atoms with Crippen molar-refractivity contribution in [2.45, 2.75) is 31.8 Å². The van der Waals surface area contributed by atoms with Crippen LogP contribution in [-0.2, 0) is 4.74 Å². The van der Waals surface area contributed by atoms with E-state index < -0.39 is 5.54 Å². The van der Waals surface area contributed by atoms with E-state index in [1.54, 1.807) is 13.8 Å². The normalized spacial score (nSPS) is 22.1. The molecule has 5 heteroatoms. The minimum Gasteiger partial charge on any atom is -0.394 e. The fourth-order valence-corrected chi connectivity index (χ4v) is 1.22. The number of carbonyl (C=O) groups is 1. The van der Waals surface area contributed by atoms with Crippen LogP contribution in [0, 0.1) is 0 Å². The second kappa shape index (κ2) is 4.61. The van der Waals surface area contributed by atoms with Gasteiger partial charge in [-0.2, -0.15) is 0 Å². The molecule has 3 N–H and O–H groups in total. The van der Waals surface area contributed by atoms with Crippen LogP contribution in [0.5, 0.6) is 0 Å². The predicted octanol–water partition coefficient (Wildman–Crippen LogP) is -0.155. The molecule has 1 aliphatic heterocycles. The van der Waals surface area contributed by atoms with Gasteiger partial charge in [-0.1, -0.05) is 0 Å². The molecule has 0 spiro atoms. The number of amides is 2. The van der Waals surface area contributed by atoms with Crippen molar-refractivity contribution in [1.82, 2.24) is 10.6 Å². The molecule has 0 aromatic heterocycles. The number of ether oxygens (including phenoxy) is 1. The molecule has 5 nitrogen and oxygen atoms in total. The summed E-state index contributed by atoms with van der Waals surface area (Å²) in [4.78, 5) is 11.4. The fourth-order valence-electron chi connectivity index (χ4n) is 1.22. The molecule has 14 heavy (non-hydrogen) atoms. The molecule has 0 radical (unpaired) electrons. The number of rotatable bonds is 3. The standard InChI is InChI=1S/C9H18N2O3/c1-9(2,6-12)11-8(13)10-7-3-4-14-5-7/h7,12H,3-6H2,1-2H3,(H2,10,11,13). The van der Waals surface area contributed by atoms with Gasteiger partial charge in [-0.05, 0) is 20.3 Å². The summed E-state index contributed by atoms with van der Waals surface area (Å²) >= 11 is 0. The van der Waals surface area contributed by atoms with Gasteiger partial charge in [0, 0.05) is 6.61 Å². The highest BCUT2D eigenvalue weighted by molar-refractivity contribution is 5.75. The van der Waals surface area contributed by atoms with Gasteiger partial charge in [0.1, 0.15) is 0 Å². The van der Waals surface area contributed by atoms with E-state index >= 15 is 0 Å². The van der Waals surface area contributed by atoms with Crippen LogP contribution >= 0.6 is 0 Å². The predicted molar refractivity (Wildman–Crippen MR) is 52.1 cm³/mol. The third-order valence-corrected chi connectivity index (χ3v) is 2.11. The highest BCUT2D eigenvalue weighted by Gasteiger charge is 2.22. The zero-order chi connectivity index (χ0) is 10.6. The van der Waals surface area contributed by atoms with E-state index in [1.165, 1.54) is 0 Å². The van der Waals surface area contributed by atoms with Crippen molar-refractivity contribution in [2.24, 2.45) is 0 Å². The van der Waals surface area contributed by atoms with Gasteiger partial charge in [-0.3, -0.25) is 0 Å². The van der Waals surface area contributed by atoms with Gasteiger partial charge in [0.25, 0.3) is 0 Å². The zero-order valence-electron chi connectivity index (χ0n) is 8.67. The Labute approximate surface area is 83.8 Å². The minimum atomic E-state index is -0.580. The summed E-state index contributed by atoms with van der Waals surface area (Å²) in [7, 11) is 0. The molecule has 1 atom stereocenters. The lowest BCUT2D eigenvalue weighted by Crippen LogP contribution is -2.52. The van der Waals surface area contributed by atoms with Crippen molar-refractivity contribution in [2.75, 3.05) is 19.8 Å². The number of urea groups is 1. The molecule has 0 aromatic rings. The molecule has 1 fully saturated rings. The molecule has 1 heterocycles. The second-order valence-corrected chi connectivity index (χ2v) is 4.20. The van der Waals surface area contributed by atoms with E-state index in [2.05, 4.69) is 10.6 Å². The molecule has 2 amide bonds. The van der Waals surface area contributed by atoms with Crippen LogP contribution in [0.3, 0.4) is 0 Å². The van der Waals surface area contributed by atoms with E-state index in [9.17, 15) is 4.79 Å². The van der Waals surface area contributed by atoms with Gasteiger partial charge >= 0.3 is 6.03 Å². The van der Waals surface area contributed by atoms with Crippen molar-refractivity contribution >= 4 is 6.03 Å². The summed E-state index contributed by atoms with van der Waals surface area (Å²) in [5, 5.41) is 14.4. The van der Waals surface area contributed by atoms with E-state index in [-0.39, 0.29) is 18.7 Å². The van der Waals surface area contributed by atoms with Gasteiger partial charge in [0.05, 0.1) is 24.8 Å². The fraction of sp³-hybridized carbons (Fsp3) is 0.889. The van der Waals surface area contributed by atoms with Crippen molar-refractivity contribution in [3.63, 3.8) is 0 Å². The molecular weight excluding hydrogens is 184 g/mol. The van der Waals surface area contributed by atoms with Crippen LogP contribution in [0.1, 0.15) is 20.3 Å². The number of hydrogen-bond donors (Lipinski definition) is 3. The van der Waals surface area contributed by atoms with Crippen molar-refractivity contribution in [1.29, 1.82) is 0 Å². The first-order chi connectivity index (χ1) is 6.53. The molecule has 0 saturated carbocycles. The Bertz CT molecular complexity index is 200. The quantitative estimate of drug-likeness (QED) is 0.596.